The average Bonchev–Trinajstić information content (AvgIpc) is 2.88. The van der Waals surface area contributed by atoms with E-state index in [4.69, 9.17) is 10.5 Å². The summed E-state index contributed by atoms with van der Waals surface area (Å²) in [7, 11) is 4.57. The van der Waals surface area contributed by atoms with Gasteiger partial charge >= 0.3 is 0 Å². The summed E-state index contributed by atoms with van der Waals surface area (Å²) < 4.78 is 6.18. The molecule has 20 heavy (non-hydrogen) atoms. The van der Waals surface area contributed by atoms with E-state index in [9.17, 15) is 0 Å². The van der Waals surface area contributed by atoms with Crippen LogP contribution in [-0.4, -0.2) is 18.9 Å². The first-order valence-corrected chi connectivity index (χ1v) is 7.61. The highest BCUT2D eigenvalue weighted by Crippen LogP contribution is 2.31. The Balaban J connectivity index is 2.13. The van der Waals surface area contributed by atoms with E-state index in [1.165, 1.54) is 17.3 Å². The van der Waals surface area contributed by atoms with E-state index < -0.39 is 0 Å². The summed E-state index contributed by atoms with van der Waals surface area (Å²) in [6.07, 6.45) is 7.00. The zero-order valence-corrected chi connectivity index (χ0v) is 13.3. The maximum atomic E-state index is 6.18. The lowest BCUT2D eigenvalue weighted by atomic mass is 9.99. The monoisotopic (exact) mass is 290 g/mol. The molecule has 0 heterocycles. The molecule has 1 aliphatic carbocycles. The van der Waals surface area contributed by atoms with Crippen LogP contribution in [-0.2, 0) is 0 Å². The number of nitrogens with two attached hydrogens (primary N) is 1. The molecule has 1 saturated carbocycles. The minimum atomic E-state index is 0.192. The van der Waals surface area contributed by atoms with Gasteiger partial charge in [-0.1, -0.05) is 6.07 Å². The van der Waals surface area contributed by atoms with Crippen LogP contribution in [0, 0.1) is 12.8 Å². The van der Waals surface area contributed by atoms with Crippen LogP contribution in [0.2, 0.25) is 0 Å². The standard InChI is InChI=1S/C16H23N2OP/c1-11-6-7-12(10-16(11)20)19-15-5-3-4-13(15)14(18-2)8-9-17/h6-10,13,15H,3-5,17,20H2,1-2H3/t13-,15?/m0/s1. The summed E-state index contributed by atoms with van der Waals surface area (Å²) in [5.74, 6) is 1.28. The Labute approximate surface area is 123 Å². The third kappa shape index (κ3) is 3.40. The van der Waals surface area contributed by atoms with Crippen LogP contribution in [0.1, 0.15) is 24.8 Å². The lowest BCUT2D eigenvalue weighted by molar-refractivity contribution is 0.187. The Bertz CT molecular complexity index is 525. The summed E-state index contributed by atoms with van der Waals surface area (Å²) in [5.41, 5.74) is 7.79. The minimum absolute atomic E-state index is 0.192. The molecule has 0 amide bonds. The second-order valence-electron chi connectivity index (χ2n) is 5.22. The molecular weight excluding hydrogens is 267 g/mol. The number of hydrogen-bond donors (Lipinski definition) is 1. The average molecular weight is 290 g/mol. The molecule has 0 aromatic heterocycles. The molecule has 2 rings (SSSR count). The van der Waals surface area contributed by atoms with Gasteiger partial charge in [0.05, 0.1) is 0 Å². The highest BCUT2D eigenvalue weighted by Gasteiger charge is 2.31. The van der Waals surface area contributed by atoms with Crippen molar-refractivity contribution in [2.45, 2.75) is 32.3 Å². The van der Waals surface area contributed by atoms with Gasteiger partial charge in [0.2, 0.25) is 0 Å². The molecule has 0 spiro atoms. The Hall–Kier alpha value is -1.34. The van der Waals surface area contributed by atoms with Gasteiger partial charge in [0.1, 0.15) is 11.9 Å². The number of hydrogen-bond acceptors (Lipinski definition) is 3. The van der Waals surface area contributed by atoms with Gasteiger partial charge in [-0.15, -0.1) is 9.24 Å². The van der Waals surface area contributed by atoms with Crippen molar-refractivity contribution in [2.24, 2.45) is 16.6 Å². The van der Waals surface area contributed by atoms with E-state index in [1.54, 1.807) is 6.20 Å². The maximum Gasteiger partial charge on any atom is 0.120 e. The van der Waals surface area contributed by atoms with Crippen LogP contribution in [0.3, 0.4) is 0 Å². The number of aliphatic imine (C=N–C) groups is 1. The molecule has 0 bridgehead atoms. The summed E-state index contributed by atoms with van der Waals surface area (Å²) in [4.78, 5) is 4.35. The van der Waals surface area contributed by atoms with E-state index >= 15 is 0 Å². The lowest BCUT2D eigenvalue weighted by Crippen LogP contribution is -2.27. The zero-order valence-electron chi connectivity index (χ0n) is 12.2. The van der Waals surface area contributed by atoms with Crippen LogP contribution < -0.4 is 15.8 Å². The Morgan fingerprint density at radius 1 is 1.45 bits per heavy atom. The maximum absolute atomic E-state index is 6.18. The van der Waals surface area contributed by atoms with Crippen LogP contribution in [0.25, 0.3) is 0 Å². The number of ether oxygens (including phenoxy) is 1. The Kier molecular flexibility index (Phi) is 5.19. The predicted molar refractivity (Wildman–Crippen MR) is 89.0 cm³/mol. The topological polar surface area (TPSA) is 47.6 Å². The summed E-state index contributed by atoms with van der Waals surface area (Å²) >= 11 is 0. The van der Waals surface area contributed by atoms with Crippen molar-refractivity contribution in [3.05, 3.63) is 36.0 Å². The van der Waals surface area contributed by atoms with Crippen molar-refractivity contribution < 1.29 is 4.74 Å². The first-order valence-electron chi connectivity index (χ1n) is 7.03. The van der Waals surface area contributed by atoms with Crippen LogP contribution >= 0.6 is 9.24 Å². The minimum Gasteiger partial charge on any atom is -0.490 e. The summed E-state index contributed by atoms with van der Waals surface area (Å²) in [6, 6.07) is 6.22. The molecule has 0 aliphatic heterocycles. The third-order valence-corrected chi connectivity index (χ3v) is 4.52. The van der Waals surface area contributed by atoms with E-state index in [1.807, 2.05) is 19.2 Å². The predicted octanol–water partition coefficient (Wildman–Crippen LogP) is 2.59. The van der Waals surface area contributed by atoms with Crippen molar-refractivity contribution in [3.63, 3.8) is 0 Å². The van der Waals surface area contributed by atoms with Gasteiger partial charge in [-0.3, -0.25) is 4.99 Å². The third-order valence-electron chi connectivity index (χ3n) is 3.90. The molecule has 1 aliphatic rings. The van der Waals surface area contributed by atoms with Crippen molar-refractivity contribution in [3.8, 4) is 5.75 Å². The fourth-order valence-corrected chi connectivity index (χ4v) is 3.00. The molecule has 0 saturated heterocycles. The first-order chi connectivity index (χ1) is 9.65. The Morgan fingerprint density at radius 3 is 2.90 bits per heavy atom. The lowest BCUT2D eigenvalue weighted by Gasteiger charge is -2.22. The quantitative estimate of drug-likeness (QED) is 0.684. The molecule has 2 N–H and O–H groups in total. The molecular formula is C16H23N2OP. The van der Waals surface area contributed by atoms with Gasteiger partial charge in [0.25, 0.3) is 0 Å². The number of aryl methyl sites for hydroxylation is 1. The number of allylic oxidation sites excluding steroid dienone is 1. The second kappa shape index (κ2) is 6.90. The fraction of sp³-hybridized carbons (Fsp3) is 0.438. The van der Waals surface area contributed by atoms with Gasteiger partial charge < -0.3 is 10.5 Å². The molecule has 1 aromatic carbocycles. The van der Waals surface area contributed by atoms with Gasteiger partial charge in [-0.2, -0.15) is 0 Å². The smallest absolute Gasteiger partial charge is 0.120 e. The van der Waals surface area contributed by atoms with Gasteiger partial charge in [-0.05, 0) is 61.5 Å². The highest BCUT2D eigenvalue weighted by atomic mass is 31.0. The SMILES string of the molecule is CN=C(C=CN)[C@@H]1CCCC1Oc1ccc(C)c(P)c1. The van der Waals surface area contributed by atoms with Gasteiger partial charge in [-0.25, -0.2) is 0 Å². The van der Waals surface area contributed by atoms with Crippen molar-refractivity contribution in [2.75, 3.05) is 7.05 Å². The molecule has 1 aromatic rings. The first kappa shape index (κ1) is 15.1. The van der Waals surface area contributed by atoms with E-state index in [-0.39, 0.29) is 6.10 Å². The molecule has 0 radical (unpaired) electrons. The molecule has 1 fully saturated rings. The van der Waals surface area contributed by atoms with E-state index in [2.05, 4.69) is 33.3 Å². The number of nitrogens with zero attached hydrogens (tertiary/aromatic N) is 1. The van der Waals surface area contributed by atoms with Crippen LogP contribution in [0.4, 0.5) is 0 Å². The highest BCUT2D eigenvalue weighted by molar-refractivity contribution is 7.27. The van der Waals surface area contributed by atoms with Crippen molar-refractivity contribution >= 4 is 20.3 Å². The van der Waals surface area contributed by atoms with Crippen molar-refractivity contribution in [1.82, 2.24) is 0 Å². The second-order valence-corrected chi connectivity index (χ2v) is 5.84. The molecule has 3 nitrogen and oxygen atoms in total. The largest absolute Gasteiger partial charge is 0.490 e. The molecule has 108 valence electrons. The van der Waals surface area contributed by atoms with Crippen LogP contribution in [0.5, 0.6) is 5.75 Å². The van der Waals surface area contributed by atoms with Gasteiger partial charge in [0, 0.05) is 18.7 Å². The molecule has 4 heteroatoms. The summed E-state index contributed by atoms with van der Waals surface area (Å²) in [5, 5.41) is 1.18. The van der Waals surface area contributed by atoms with E-state index in [0.29, 0.717) is 5.92 Å². The Morgan fingerprint density at radius 2 is 2.25 bits per heavy atom. The summed E-state index contributed by atoms with van der Waals surface area (Å²) in [6.45, 7) is 2.10. The molecule has 3 atom stereocenters. The van der Waals surface area contributed by atoms with Crippen molar-refractivity contribution in [1.29, 1.82) is 0 Å². The fourth-order valence-electron chi connectivity index (χ4n) is 2.73. The molecule has 2 unspecified atom stereocenters. The number of rotatable bonds is 4. The van der Waals surface area contributed by atoms with Gasteiger partial charge in [0.15, 0.2) is 0 Å². The normalized spacial score (nSPS) is 23.4. The number of benzene rings is 1. The van der Waals surface area contributed by atoms with Crippen LogP contribution in [0.15, 0.2) is 35.5 Å². The zero-order chi connectivity index (χ0) is 14.5. The van der Waals surface area contributed by atoms with E-state index in [0.717, 1.165) is 24.3 Å².